The molecular formula is C16H23ClN4O2S. The first-order valence-electron chi connectivity index (χ1n) is 7.99. The number of halogens is 1. The average Bonchev–Trinajstić information content (AvgIpc) is 3.21. The van der Waals surface area contributed by atoms with Crippen LogP contribution in [0.3, 0.4) is 0 Å². The Balaban J connectivity index is 0.00000208. The number of carbonyl (C=O) groups excluding carboxylic acids is 1. The molecule has 1 aliphatic heterocycles. The highest BCUT2D eigenvalue weighted by atomic mass is 35.5. The van der Waals surface area contributed by atoms with E-state index in [1.54, 1.807) is 5.38 Å². The van der Waals surface area contributed by atoms with Crippen LogP contribution in [0.15, 0.2) is 21.9 Å². The molecule has 0 saturated carbocycles. The van der Waals surface area contributed by atoms with Gasteiger partial charge in [0.25, 0.3) is 5.91 Å². The topological polar surface area (TPSA) is 71.3 Å². The summed E-state index contributed by atoms with van der Waals surface area (Å²) >= 11 is 1.18. The Bertz CT molecular complexity index is 638. The van der Waals surface area contributed by atoms with Gasteiger partial charge in [0.05, 0.1) is 6.04 Å². The molecule has 132 valence electrons. The number of carbonyl (C=O) groups is 1. The number of nitrogens with zero attached hydrogens (tertiary/aromatic N) is 3. The minimum atomic E-state index is -0.183. The van der Waals surface area contributed by atoms with Gasteiger partial charge in [-0.05, 0) is 62.4 Å². The molecule has 1 unspecified atom stereocenters. The summed E-state index contributed by atoms with van der Waals surface area (Å²) in [6, 6.07) is 4.04. The summed E-state index contributed by atoms with van der Waals surface area (Å²) in [7, 11) is 0. The first kappa shape index (κ1) is 18.9. The van der Waals surface area contributed by atoms with Gasteiger partial charge in [0.15, 0.2) is 5.69 Å². The quantitative estimate of drug-likeness (QED) is 0.875. The number of furan rings is 1. The number of hydrogen-bond acceptors (Lipinski definition) is 6. The minimum Gasteiger partial charge on any atom is -0.465 e. The molecule has 0 aliphatic carbocycles. The van der Waals surface area contributed by atoms with Crippen LogP contribution in [0.5, 0.6) is 0 Å². The van der Waals surface area contributed by atoms with Crippen LogP contribution in [-0.2, 0) is 0 Å². The van der Waals surface area contributed by atoms with E-state index in [4.69, 9.17) is 4.42 Å². The van der Waals surface area contributed by atoms with Crippen molar-refractivity contribution in [1.82, 2.24) is 19.8 Å². The number of aryl methyl sites for hydroxylation is 1. The first-order valence-corrected chi connectivity index (χ1v) is 8.83. The van der Waals surface area contributed by atoms with E-state index in [-0.39, 0.29) is 24.4 Å². The van der Waals surface area contributed by atoms with Gasteiger partial charge in [-0.15, -0.1) is 17.5 Å². The SMILES string of the molecule is Cc1ccc(C(CNC(=O)c2csnn2)N2CCC(C)CC2)o1.Cl. The van der Waals surface area contributed by atoms with Crippen LogP contribution in [-0.4, -0.2) is 40.0 Å². The highest BCUT2D eigenvalue weighted by Gasteiger charge is 2.27. The molecule has 1 fully saturated rings. The van der Waals surface area contributed by atoms with Crippen LogP contribution < -0.4 is 5.32 Å². The molecular weight excluding hydrogens is 348 g/mol. The maximum Gasteiger partial charge on any atom is 0.272 e. The van der Waals surface area contributed by atoms with E-state index in [0.717, 1.165) is 30.5 Å². The van der Waals surface area contributed by atoms with Gasteiger partial charge in [-0.1, -0.05) is 11.4 Å². The lowest BCUT2D eigenvalue weighted by Gasteiger charge is -2.35. The van der Waals surface area contributed by atoms with Crippen molar-refractivity contribution in [2.45, 2.75) is 32.7 Å². The van der Waals surface area contributed by atoms with Gasteiger partial charge in [-0.2, -0.15) is 0 Å². The van der Waals surface area contributed by atoms with Crippen molar-refractivity contribution in [2.75, 3.05) is 19.6 Å². The van der Waals surface area contributed by atoms with Crippen molar-refractivity contribution in [1.29, 1.82) is 0 Å². The highest BCUT2D eigenvalue weighted by Crippen LogP contribution is 2.27. The fourth-order valence-electron chi connectivity index (χ4n) is 2.93. The molecule has 24 heavy (non-hydrogen) atoms. The van der Waals surface area contributed by atoms with Crippen molar-refractivity contribution in [3.63, 3.8) is 0 Å². The zero-order valence-corrected chi connectivity index (χ0v) is 15.5. The number of nitrogens with one attached hydrogen (secondary N) is 1. The van der Waals surface area contributed by atoms with Crippen LogP contribution in [0.1, 0.15) is 47.8 Å². The summed E-state index contributed by atoms with van der Waals surface area (Å²) in [6.07, 6.45) is 2.36. The number of amides is 1. The standard InChI is InChI=1S/C16H22N4O2S.ClH/c1-11-5-7-20(8-6-11)14(15-4-3-12(2)22-15)9-17-16(21)13-10-23-19-18-13;/h3-4,10-11,14H,5-9H2,1-2H3,(H,17,21);1H. The van der Waals surface area contributed by atoms with Gasteiger partial charge < -0.3 is 9.73 Å². The van der Waals surface area contributed by atoms with Crippen LogP contribution in [0.4, 0.5) is 0 Å². The Morgan fingerprint density at radius 1 is 1.46 bits per heavy atom. The Hall–Kier alpha value is -1.44. The van der Waals surface area contributed by atoms with Gasteiger partial charge >= 0.3 is 0 Å². The summed E-state index contributed by atoms with van der Waals surface area (Å²) in [5, 5.41) is 8.43. The smallest absolute Gasteiger partial charge is 0.272 e. The number of rotatable bonds is 5. The summed E-state index contributed by atoms with van der Waals surface area (Å²) in [4.78, 5) is 14.5. The highest BCUT2D eigenvalue weighted by molar-refractivity contribution is 7.03. The molecule has 3 heterocycles. The van der Waals surface area contributed by atoms with Crippen molar-refractivity contribution in [3.05, 3.63) is 34.7 Å². The number of aromatic nitrogens is 2. The average molecular weight is 371 g/mol. The second-order valence-corrected chi connectivity index (χ2v) is 6.79. The molecule has 0 bridgehead atoms. The van der Waals surface area contributed by atoms with Crippen molar-refractivity contribution in [2.24, 2.45) is 5.92 Å². The molecule has 0 aromatic carbocycles. The Kier molecular flexibility index (Phi) is 6.77. The summed E-state index contributed by atoms with van der Waals surface area (Å²) in [5.74, 6) is 2.39. The molecule has 1 atom stereocenters. The molecule has 1 saturated heterocycles. The fraction of sp³-hybridized carbons (Fsp3) is 0.562. The normalized spacial score (nSPS) is 17.2. The Morgan fingerprint density at radius 3 is 2.79 bits per heavy atom. The molecule has 3 rings (SSSR count). The molecule has 8 heteroatoms. The van der Waals surface area contributed by atoms with E-state index >= 15 is 0 Å². The molecule has 1 amide bonds. The van der Waals surface area contributed by atoms with E-state index in [9.17, 15) is 4.79 Å². The number of likely N-dealkylation sites (tertiary alicyclic amines) is 1. The third kappa shape index (κ3) is 4.55. The number of hydrogen-bond donors (Lipinski definition) is 1. The van der Waals surface area contributed by atoms with E-state index in [0.29, 0.717) is 12.2 Å². The zero-order chi connectivity index (χ0) is 16.2. The van der Waals surface area contributed by atoms with Gasteiger partial charge in [-0.3, -0.25) is 9.69 Å². The zero-order valence-electron chi connectivity index (χ0n) is 13.9. The van der Waals surface area contributed by atoms with Gasteiger partial charge in [0, 0.05) is 11.9 Å². The minimum absolute atomic E-state index is 0. The third-order valence-electron chi connectivity index (χ3n) is 4.40. The van der Waals surface area contributed by atoms with Crippen molar-refractivity contribution in [3.8, 4) is 0 Å². The molecule has 0 spiro atoms. The lowest BCUT2D eigenvalue weighted by atomic mass is 9.97. The predicted molar refractivity (Wildman–Crippen MR) is 95.6 cm³/mol. The van der Waals surface area contributed by atoms with E-state index in [2.05, 4.69) is 26.7 Å². The molecule has 2 aromatic heterocycles. The molecule has 6 nitrogen and oxygen atoms in total. The lowest BCUT2D eigenvalue weighted by molar-refractivity contribution is 0.0890. The Morgan fingerprint density at radius 2 is 2.21 bits per heavy atom. The van der Waals surface area contributed by atoms with Crippen molar-refractivity contribution < 1.29 is 9.21 Å². The molecule has 0 radical (unpaired) electrons. The summed E-state index contributed by atoms with van der Waals surface area (Å²) in [6.45, 7) is 6.80. The van der Waals surface area contributed by atoms with E-state index in [1.807, 2.05) is 19.1 Å². The summed E-state index contributed by atoms with van der Waals surface area (Å²) in [5.41, 5.74) is 0.372. The fourth-order valence-corrected chi connectivity index (χ4v) is 3.36. The molecule has 1 aliphatic rings. The maximum absolute atomic E-state index is 12.1. The lowest BCUT2D eigenvalue weighted by Crippen LogP contribution is -2.41. The number of piperidine rings is 1. The first-order chi connectivity index (χ1) is 11.1. The van der Waals surface area contributed by atoms with Crippen LogP contribution in [0, 0.1) is 12.8 Å². The van der Waals surface area contributed by atoms with Gasteiger partial charge in [-0.25, -0.2) is 0 Å². The van der Waals surface area contributed by atoms with Crippen molar-refractivity contribution >= 4 is 29.8 Å². The summed E-state index contributed by atoms with van der Waals surface area (Å²) < 4.78 is 9.56. The largest absolute Gasteiger partial charge is 0.465 e. The van der Waals surface area contributed by atoms with Gasteiger partial charge in [0.1, 0.15) is 11.5 Å². The second kappa shape index (κ2) is 8.60. The third-order valence-corrected chi connectivity index (χ3v) is 4.90. The van der Waals surface area contributed by atoms with Crippen LogP contribution >= 0.6 is 23.9 Å². The second-order valence-electron chi connectivity index (χ2n) is 6.18. The molecule has 1 N–H and O–H groups in total. The molecule has 2 aromatic rings. The monoisotopic (exact) mass is 370 g/mol. The van der Waals surface area contributed by atoms with Crippen LogP contribution in [0.2, 0.25) is 0 Å². The van der Waals surface area contributed by atoms with Crippen LogP contribution in [0.25, 0.3) is 0 Å². The van der Waals surface area contributed by atoms with Gasteiger partial charge in [0.2, 0.25) is 0 Å². The maximum atomic E-state index is 12.1. The van der Waals surface area contributed by atoms with E-state index in [1.165, 1.54) is 24.4 Å². The Labute approximate surface area is 152 Å². The van der Waals surface area contributed by atoms with E-state index < -0.39 is 0 Å². The predicted octanol–water partition coefficient (Wildman–Crippen LogP) is 3.06.